The van der Waals surface area contributed by atoms with E-state index in [4.69, 9.17) is 0 Å². The smallest absolute Gasteiger partial charge is 0.00104 e. The fourth-order valence-electron chi connectivity index (χ4n) is 6.16. The van der Waals surface area contributed by atoms with Crippen LogP contribution in [0.25, 0.3) is 22.3 Å². The van der Waals surface area contributed by atoms with E-state index in [2.05, 4.69) is 128 Å². The largest absolute Gasteiger partial charge is 0.0619 e. The summed E-state index contributed by atoms with van der Waals surface area (Å²) in [6, 6.07) is 26.9. The van der Waals surface area contributed by atoms with Crippen LogP contribution in [0.5, 0.6) is 0 Å². The highest BCUT2D eigenvalue weighted by molar-refractivity contribution is 5.82. The summed E-state index contributed by atoms with van der Waals surface area (Å²) in [4.78, 5) is 0. The quantitative estimate of drug-likeness (QED) is 0.206. The Labute approximate surface area is 218 Å². The van der Waals surface area contributed by atoms with Gasteiger partial charge in [-0.25, -0.2) is 0 Å². The molecule has 184 valence electrons. The number of benzene rings is 4. The van der Waals surface area contributed by atoms with Gasteiger partial charge in [0.25, 0.3) is 0 Å². The third-order valence-corrected chi connectivity index (χ3v) is 7.99. The van der Waals surface area contributed by atoms with Crippen molar-refractivity contribution in [1.29, 1.82) is 0 Å². The fourth-order valence-corrected chi connectivity index (χ4v) is 6.16. The minimum atomic E-state index is 0.179. The summed E-state index contributed by atoms with van der Waals surface area (Å²) in [5.41, 5.74) is 18.1. The van der Waals surface area contributed by atoms with Gasteiger partial charge in [-0.1, -0.05) is 114 Å². The summed E-state index contributed by atoms with van der Waals surface area (Å²) >= 11 is 0. The molecule has 0 bridgehead atoms. The lowest BCUT2D eigenvalue weighted by Crippen LogP contribution is -2.18. The van der Waals surface area contributed by atoms with Crippen LogP contribution in [-0.4, -0.2) is 0 Å². The Bertz CT molecular complexity index is 1450. The van der Waals surface area contributed by atoms with Crippen molar-refractivity contribution in [1.82, 2.24) is 0 Å². The Morgan fingerprint density at radius 2 is 0.944 bits per heavy atom. The number of hydrogen-bond donors (Lipinski definition) is 0. The van der Waals surface area contributed by atoms with Gasteiger partial charge in [0.1, 0.15) is 0 Å². The highest BCUT2D eigenvalue weighted by Crippen LogP contribution is 2.46. The molecule has 0 unspecified atom stereocenters. The highest BCUT2D eigenvalue weighted by Gasteiger charge is 2.31. The van der Waals surface area contributed by atoms with Crippen molar-refractivity contribution in [2.45, 2.75) is 79.1 Å². The summed E-state index contributed by atoms with van der Waals surface area (Å²) in [5, 5.41) is 0. The molecule has 0 nitrogen and oxygen atoms in total. The minimum Gasteiger partial charge on any atom is -0.0619 e. The van der Waals surface area contributed by atoms with E-state index >= 15 is 0 Å². The van der Waals surface area contributed by atoms with E-state index in [1.807, 2.05) is 0 Å². The molecule has 36 heavy (non-hydrogen) atoms. The summed E-state index contributed by atoms with van der Waals surface area (Å²) in [6.07, 6.45) is 2.20. The Morgan fingerprint density at radius 1 is 0.472 bits per heavy atom. The van der Waals surface area contributed by atoms with E-state index in [9.17, 15) is 0 Å². The SMILES string of the molecule is CC(C)(C)c1ccc(C(C)(C)C)c2c1Cc1ccccc1-2.Cc1ccc(C)c2c1Cc1ccccc1-2. The van der Waals surface area contributed by atoms with Crippen LogP contribution in [0.3, 0.4) is 0 Å². The van der Waals surface area contributed by atoms with Gasteiger partial charge in [-0.3, -0.25) is 0 Å². The maximum atomic E-state index is 2.37. The maximum absolute atomic E-state index is 2.37. The van der Waals surface area contributed by atoms with Crippen LogP contribution in [0.15, 0.2) is 72.8 Å². The van der Waals surface area contributed by atoms with Crippen molar-refractivity contribution >= 4 is 0 Å². The van der Waals surface area contributed by atoms with Crippen LogP contribution in [0, 0.1) is 13.8 Å². The van der Waals surface area contributed by atoms with Crippen LogP contribution in [0.1, 0.15) is 86.1 Å². The van der Waals surface area contributed by atoms with Gasteiger partial charge in [0.2, 0.25) is 0 Å². The van der Waals surface area contributed by atoms with Crippen molar-refractivity contribution in [2.75, 3.05) is 0 Å². The van der Waals surface area contributed by atoms with Crippen LogP contribution in [-0.2, 0) is 23.7 Å². The topological polar surface area (TPSA) is 0 Å². The molecule has 0 aliphatic heterocycles. The van der Waals surface area contributed by atoms with Crippen LogP contribution in [0.4, 0.5) is 0 Å². The van der Waals surface area contributed by atoms with Crippen molar-refractivity contribution in [3.05, 3.63) is 117 Å². The Balaban J connectivity index is 0.000000156. The Morgan fingerprint density at radius 3 is 1.53 bits per heavy atom. The molecule has 2 aliphatic carbocycles. The second kappa shape index (κ2) is 8.77. The molecular formula is C36H40. The molecule has 0 radical (unpaired) electrons. The first-order valence-corrected chi connectivity index (χ1v) is 13.4. The van der Waals surface area contributed by atoms with E-state index in [1.165, 1.54) is 61.2 Å². The lowest BCUT2D eigenvalue weighted by Gasteiger charge is -2.28. The van der Waals surface area contributed by atoms with Gasteiger partial charge in [-0.15, -0.1) is 0 Å². The number of fused-ring (bicyclic) bond motifs is 6. The fraction of sp³-hybridized carbons (Fsp3) is 0.333. The van der Waals surface area contributed by atoms with Crippen molar-refractivity contribution in [3.63, 3.8) is 0 Å². The van der Waals surface area contributed by atoms with Crippen LogP contribution >= 0.6 is 0 Å². The molecule has 0 heterocycles. The summed E-state index contributed by atoms with van der Waals surface area (Å²) < 4.78 is 0. The Kier molecular flexibility index (Phi) is 5.98. The highest BCUT2D eigenvalue weighted by atomic mass is 14.3. The van der Waals surface area contributed by atoms with Gasteiger partial charge in [0.05, 0.1) is 0 Å². The first kappa shape index (κ1) is 24.6. The van der Waals surface area contributed by atoms with Gasteiger partial charge in [0.15, 0.2) is 0 Å². The number of rotatable bonds is 0. The monoisotopic (exact) mass is 472 g/mol. The van der Waals surface area contributed by atoms with E-state index in [0.29, 0.717) is 0 Å². The van der Waals surface area contributed by atoms with Crippen molar-refractivity contribution < 1.29 is 0 Å². The third kappa shape index (κ3) is 4.21. The van der Waals surface area contributed by atoms with Crippen molar-refractivity contribution in [2.24, 2.45) is 0 Å². The van der Waals surface area contributed by atoms with E-state index in [-0.39, 0.29) is 10.8 Å². The summed E-state index contributed by atoms with van der Waals surface area (Å²) in [7, 11) is 0. The molecule has 0 saturated heterocycles. The standard InChI is InChI=1S/C21H26.C15H14/c1-20(2,3)17-11-12-18(21(4,5)6)19-15-10-8-7-9-14(15)13-16(17)19;1-10-7-8-11(2)15-13-6-4-3-5-12(13)9-14(10)15/h7-12H,13H2,1-6H3;3-8H,9H2,1-2H3. The van der Waals surface area contributed by atoms with E-state index in [0.717, 1.165) is 12.8 Å². The molecule has 0 amide bonds. The average molecular weight is 473 g/mol. The molecule has 4 aromatic carbocycles. The van der Waals surface area contributed by atoms with Gasteiger partial charge in [-0.05, 0) is 104 Å². The molecule has 0 spiro atoms. The van der Waals surface area contributed by atoms with Gasteiger partial charge >= 0.3 is 0 Å². The molecular weight excluding hydrogens is 432 g/mol. The molecule has 0 aromatic heterocycles. The molecule has 2 aliphatic rings. The van der Waals surface area contributed by atoms with E-state index < -0.39 is 0 Å². The third-order valence-electron chi connectivity index (χ3n) is 7.99. The molecule has 4 aromatic rings. The summed E-state index contributed by atoms with van der Waals surface area (Å²) in [5.74, 6) is 0. The second-order valence-corrected chi connectivity index (χ2v) is 12.7. The number of hydrogen-bond acceptors (Lipinski definition) is 0. The molecule has 6 rings (SSSR count). The molecule has 0 atom stereocenters. The summed E-state index contributed by atoms with van der Waals surface area (Å²) in [6.45, 7) is 18.3. The van der Waals surface area contributed by atoms with Crippen molar-refractivity contribution in [3.8, 4) is 22.3 Å². The van der Waals surface area contributed by atoms with Crippen LogP contribution in [0.2, 0.25) is 0 Å². The zero-order valence-corrected chi connectivity index (χ0v) is 23.3. The predicted molar refractivity (Wildman–Crippen MR) is 156 cm³/mol. The lowest BCUT2D eigenvalue weighted by atomic mass is 9.76. The first-order chi connectivity index (χ1) is 17.0. The predicted octanol–water partition coefficient (Wildman–Crippen LogP) is 9.73. The molecule has 0 saturated carbocycles. The van der Waals surface area contributed by atoms with Gasteiger partial charge in [0, 0.05) is 0 Å². The lowest BCUT2D eigenvalue weighted by molar-refractivity contribution is 0.574. The zero-order chi connectivity index (χ0) is 25.8. The first-order valence-electron chi connectivity index (χ1n) is 13.4. The Hall–Kier alpha value is -3.12. The molecule has 0 heteroatoms. The minimum absolute atomic E-state index is 0.179. The van der Waals surface area contributed by atoms with E-state index in [1.54, 1.807) is 5.56 Å². The average Bonchev–Trinajstić information content (AvgIpc) is 3.40. The molecule has 0 fully saturated rings. The molecule has 0 N–H and O–H groups in total. The van der Waals surface area contributed by atoms with Gasteiger partial charge < -0.3 is 0 Å². The zero-order valence-electron chi connectivity index (χ0n) is 23.3. The van der Waals surface area contributed by atoms with Crippen LogP contribution < -0.4 is 0 Å². The maximum Gasteiger partial charge on any atom is -0.00104 e. The second-order valence-electron chi connectivity index (χ2n) is 12.7. The normalized spacial score (nSPS) is 13.3. The number of aryl methyl sites for hydroxylation is 2. The van der Waals surface area contributed by atoms with Gasteiger partial charge in [-0.2, -0.15) is 0 Å².